The quantitative estimate of drug-likeness (QED) is 0.456. The van der Waals surface area contributed by atoms with Crippen LogP contribution in [0.25, 0.3) is 0 Å². The van der Waals surface area contributed by atoms with Crippen molar-refractivity contribution in [2.45, 2.75) is 66.4 Å². The maximum absolute atomic E-state index is 6.95. The molecule has 5 nitrogen and oxygen atoms in total. The van der Waals surface area contributed by atoms with Gasteiger partial charge in [-0.1, -0.05) is 20.8 Å². The van der Waals surface area contributed by atoms with Crippen LogP contribution in [0.15, 0.2) is 0 Å². The molecule has 114 valence electrons. The highest BCUT2D eigenvalue weighted by atomic mass is 16.5. The summed E-state index contributed by atoms with van der Waals surface area (Å²) in [7, 11) is 0. The van der Waals surface area contributed by atoms with Gasteiger partial charge in [0.05, 0.1) is 23.9 Å². The molecular formula is C14H32N4O. The van der Waals surface area contributed by atoms with Gasteiger partial charge in [0.25, 0.3) is 0 Å². The molecule has 6 N–H and O–H groups in total. The van der Waals surface area contributed by atoms with E-state index < -0.39 is 0 Å². The van der Waals surface area contributed by atoms with E-state index in [4.69, 9.17) is 27.0 Å². The Morgan fingerprint density at radius 1 is 0.895 bits per heavy atom. The summed E-state index contributed by atoms with van der Waals surface area (Å²) >= 11 is 0. The zero-order valence-electron chi connectivity index (χ0n) is 13.4. The first-order valence-electron chi connectivity index (χ1n) is 6.63. The molecule has 0 atom stereocenters. The molecule has 0 heterocycles. The Bertz CT molecular complexity index is 274. The second-order valence-electron chi connectivity index (χ2n) is 6.82. The average Bonchev–Trinajstić information content (AvgIpc) is 2.12. The minimum absolute atomic E-state index is 0.116. The van der Waals surface area contributed by atoms with Crippen LogP contribution in [-0.4, -0.2) is 23.9 Å². The minimum atomic E-state index is -0.116. The first-order valence-corrected chi connectivity index (χ1v) is 6.63. The predicted molar refractivity (Wildman–Crippen MR) is 82.8 cm³/mol. The van der Waals surface area contributed by atoms with Gasteiger partial charge in [-0.05, 0) is 32.6 Å². The SMILES string of the molecule is CC(C)(C)CCC(=N)N.CC(C)(C)OCCC(=N)N. The number of hydrogen-bond donors (Lipinski definition) is 4. The maximum Gasteiger partial charge on any atom is 0.0928 e. The van der Waals surface area contributed by atoms with Crippen LogP contribution in [0.1, 0.15) is 60.8 Å². The van der Waals surface area contributed by atoms with Gasteiger partial charge < -0.3 is 16.2 Å². The van der Waals surface area contributed by atoms with Crippen LogP contribution in [-0.2, 0) is 4.74 Å². The molecule has 0 aliphatic heterocycles. The van der Waals surface area contributed by atoms with Gasteiger partial charge in [0.15, 0.2) is 0 Å². The average molecular weight is 272 g/mol. The lowest BCUT2D eigenvalue weighted by Gasteiger charge is -2.18. The summed E-state index contributed by atoms with van der Waals surface area (Å²) in [6, 6.07) is 0. The molecule has 19 heavy (non-hydrogen) atoms. The van der Waals surface area contributed by atoms with E-state index in [0.717, 1.165) is 12.8 Å². The number of nitrogens with one attached hydrogen (secondary N) is 2. The van der Waals surface area contributed by atoms with Gasteiger partial charge in [0.1, 0.15) is 0 Å². The topological polar surface area (TPSA) is 109 Å². The van der Waals surface area contributed by atoms with Crippen molar-refractivity contribution in [3.05, 3.63) is 0 Å². The summed E-state index contributed by atoms with van der Waals surface area (Å²) < 4.78 is 5.32. The number of amidine groups is 2. The van der Waals surface area contributed by atoms with Crippen molar-refractivity contribution in [1.82, 2.24) is 0 Å². The molecule has 0 bridgehead atoms. The van der Waals surface area contributed by atoms with Crippen molar-refractivity contribution in [2.24, 2.45) is 16.9 Å². The molecule has 0 amide bonds. The molecule has 0 aromatic heterocycles. The van der Waals surface area contributed by atoms with Crippen molar-refractivity contribution in [2.75, 3.05) is 6.61 Å². The van der Waals surface area contributed by atoms with Crippen LogP contribution >= 0.6 is 0 Å². The Balaban J connectivity index is 0. The van der Waals surface area contributed by atoms with E-state index in [1.165, 1.54) is 0 Å². The summed E-state index contributed by atoms with van der Waals surface area (Å²) in [5, 5.41) is 13.9. The largest absolute Gasteiger partial charge is 0.388 e. The molecule has 0 aromatic rings. The fourth-order valence-corrected chi connectivity index (χ4v) is 0.977. The van der Waals surface area contributed by atoms with E-state index in [1.54, 1.807) is 0 Å². The lowest BCUT2D eigenvalue weighted by Crippen LogP contribution is -2.22. The van der Waals surface area contributed by atoms with Gasteiger partial charge in [-0.15, -0.1) is 0 Å². The van der Waals surface area contributed by atoms with Gasteiger partial charge in [0.2, 0.25) is 0 Å². The molecule has 0 saturated heterocycles. The molecule has 0 fully saturated rings. The summed E-state index contributed by atoms with van der Waals surface area (Å²) in [5.74, 6) is 0.481. The first kappa shape index (κ1) is 20.2. The van der Waals surface area contributed by atoms with Gasteiger partial charge >= 0.3 is 0 Å². The molecule has 0 aromatic carbocycles. The van der Waals surface area contributed by atoms with Gasteiger partial charge in [-0.2, -0.15) is 0 Å². The normalized spacial score (nSPS) is 11.5. The van der Waals surface area contributed by atoms with Gasteiger partial charge in [0, 0.05) is 12.8 Å². The number of ether oxygens (including phenoxy) is 1. The zero-order chi connectivity index (χ0) is 15.7. The third-order valence-electron chi connectivity index (χ3n) is 2.05. The first-order chi connectivity index (χ1) is 8.33. The Morgan fingerprint density at radius 2 is 1.32 bits per heavy atom. The summed E-state index contributed by atoms with van der Waals surface area (Å²) in [5.41, 5.74) is 10.5. The van der Waals surface area contributed by atoms with Crippen molar-refractivity contribution in [3.63, 3.8) is 0 Å². The van der Waals surface area contributed by atoms with Crippen LogP contribution in [0.3, 0.4) is 0 Å². The molecule has 0 spiro atoms. The molecular weight excluding hydrogens is 240 g/mol. The van der Waals surface area contributed by atoms with E-state index in [9.17, 15) is 0 Å². The molecule has 0 unspecified atom stereocenters. The number of nitrogens with two attached hydrogens (primary N) is 2. The predicted octanol–water partition coefficient (Wildman–Crippen LogP) is 2.88. The third kappa shape index (κ3) is 26.5. The van der Waals surface area contributed by atoms with E-state index in [0.29, 0.717) is 24.3 Å². The molecule has 5 heteroatoms. The molecule has 0 saturated carbocycles. The summed E-state index contributed by atoms with van der Waals surface area (Å²) in [6.45, 7) is 12.9. The summed E-state index contributed by atoms with van der Waals surface area (Å²) in [4.78, 5) is 0. The van der Waals surface area contributed by atoms with Crippen LogP contribution in [0.5, 0.6) is 0 Å². The van der Waals surface area contributed by atoms with Crippen molar-refractivity contribution < 1.29 is 4.74 Å². The Labute approximate surface area is 118 Å². The van der Waals surface area contributed by atoms with E-state index in [-0.39, 0.29) is 11.4 Å². The van der Waals surface area contributed by atoms with Crippen molar-refractivity contribution in [3.8, 4) is 0 Å². The lowest BCUT2D eigenvalue weighted by atomic mass is 9.90. The van der Waals surface area contributed by atoms with E-state index >= 15 is 0 Å². The van der Waals surface area contributed by atoms with Gasteiger partial charge in [-0.25, -0.2) is 0 Å². The zero-order valence-corrected chi connectivity index (χ0v) is 13.4. The van der Waals surface area contributed by atoms with Crippen molar-refractivity contribution in [1.29, 1.82) is 10.8 Å². The molecule has 0 radical (unpaired) electrons. The smallest absolute Gasteiger partial charge is 0.0928 e. The Morgan fingerprint density at radius 3 is 1.53 bits per heavy atom. The molecule has 0 aliphatic carbocycles. The van der Waals surface area contributed by atoms with Crippen LogP contribution in [0, 0.1) is 16.2 Å². The van der Waals surface area contributed by atoms with Gasteiger partial charge in [-0.3, -0.25) is 10.8 Å². The van der Waals surface area contributed by atoms with E-state index in [2.05, 4.69) is 20.8 Å². The van der Waals surface area contributed by atoms with Crippen LogP contribution in [0.2, 0.25) is 0 Å². The fraction of sp³-hybridized carbons (Fsp3) is 0.857. The lowest BCUT2D eigenvalue weighted by molar-refractivity contribution is 0.00123. The monoisotopic (exact) mass is 272 g/mol. The second-order valence-corrected chi connectivity index (χ2v) is 6.82. The van der Waals surface area contributed by atoms with Crippen LogP contribution < -0.4 is 11.5 Å². The minimum Gasteiger partial charge on any atom is -0.388 e. The van der Waals surface area contributed by atoms with Crippen LogP contribution in [0.4, 0.5) is 0 Å². The Hall–Kier alpha value is -1.10. The maximum atomic E-state index is 6.95. The van der Waals surface area contributed by atoms with E-state index in [1.807, 2.05) is 20.8 Å². The highest BCUT2D eigenvalue weighted by Gasteiger charge is 2.09. The third-order valence-corrected chi connectivity index (χ3v) is 2.05. The second kappa shape index (κ2) is 8.91. The standard InChI is InChI=1S/C7H16N2O.C7H16N2/c1-7(2,3)10-5-4-6(8)9;1-7(2,3)5-4-6(8)9/h4-5H2,1-3H3,(H3,8,9);4-5H2,1-3H3,(H3,8,9). The highest BCUT2D eigenvalue weighted by molar-refractivity contribution is 5.77. The summed E-state index contributed by atoms with van der Waals surface area (Å²) in [6.07, 6.45) is 2.25. The molecule has 0 rings (SSSR count). The molecule has 0 aliphatic rings. The fourth-order valence-electron chi connectivity index (χ4n) is 0.977. The highest BCUT2D eigenvalue weighted by Crippen LogP contribution is 2.19. The number of rotatable bonds is 5. The number of hydrogen-bond acceptors (Lipinski definition) is 3. The van der Waals surface area contributed by atoms with Crippen molar-refractivity contribution >= 4 is 11.7 Å². The Kier molecular flexibility index (Phi) is 9.48.